The van der Waals surface area contributed by atoms with Crippen molar-refractivity contribution in [3.05, 3.63) is 29.8 Å². The van der Waals surface area contributed by atoms with E-state index < -0.39 is 5.97 Å². The Morgan fingerprint density at radius 1 is 1.33 bits per heavy atom. The van der Waals surface area contributed by atoms with Crippen LogP contribution >= 0.6 is 0 Å². The molecular weight excluding hydrogens is 274 g/mol. The Morgan fingerprint density at radius 2 is 2.10 bits per heavy atom. The van der Waals surface area contributed by atoms with Gasteiger partial charge < -0.3 is 19.9 Å². The zero-order valence-electron chi connectivity index (χ0n) is 12.1. The first-order valence-corrected chi connectivity index (χ1v) is 6.55. The minimum Gasteiger partial charge on any atom is -0.493 e. The van der Waals surface area contributed by atoms with Crippen LogP contribution in [0.4, 0.5) is 0 Å². The Labute approximate surface area is 123 Å². The Hall–Kier alpha value is -2.50. The lowest BCUT2D eigenvalue weighted by molar-refractivity contribution is -0.136. The molecule has 0 aliphatic rings. The highest BCUT2D eigenvalue weighted by molar-refractivity contribution is 5.91. The van der Waals surface area contributed by atoms with Crippen LogP contribution in [-0.4, -0.2) is 37.2 Å². The maximum absolute atomic E-state index is 11.5. The number of carboxylic acids is 1. The van der Waals surface area contributed by atoms with Crippen LogP contribution < -0.4 is 14.8 Å². The highest BCUT2D eigenvalue weighted by Crippen LogP contribution is 2.28. The summed E-state index contributed by atoms with van der Waals surface area (Å²) in [7, 11) is 1.55. The van der Waals surface area contributed by atoms with Crippen LogP contribution in [0, 0.1) is 0 Å². The molecule has 1 aromatic rings. The maximum Gasteiger partial charge on any atom is 0.305 e. The first kappa shape index (κ1) is 16.6. The van der Waals surface area contributed by atoms with Gasteiger partial charge in [0.1, 0.15) is 0 Å². The van der Waals surface area contributed by atoms with Gasteiger partial charge in [-0.2, -0.15) is 0 Å². The standard InChI is InChI=1S/C15H19NO5/c1-3-21-12-6-4-11(10-13(12)20-2)5-7-14(17)16-9-8-15(18)19/h4-7,10H,3,8-9H2,1-2H3,(H,16,17)(H,18,19)/b7-5+. The number of carbonyl (C=O) groups is 2. The Morgan fingerprint density at radius 3 is 2.71 bits per heavy atom. The summed E-state index contributed by atoms with van der Waals surface area (Å²) in [5, 5.41) is 10.9. The van der Waals surface area contributed by atoms with E-state index in [1.807, 2.05) is 6.92 Å². The molecule has 0 radical (unpaired) electrons. The minimum absolute atomic E-state index is 0.101. The molecule has 0 aliphatic heterocycles. The van der Waals surface area contributed by atoms with Crippen LogP contribution in [0.1, 0.15) is 18.9 Å². The minimum atomic E-state index is -0.949. The monoisotopic (exact) mass is 293 g/mol. The van der Waals surface area contributed by atoms with Gasteiger partial charge in [0.15, 0.2) is 11.5 Å². The summed E-state index contributed by atoms with van der Waals surface area (Å²) in [6.07, 6.45) is 2.86. The van der Waals surface area contributed by atoms with Gasteiger partial charge in [0.05, 0.1) is 20.1 Å². The lowest BCUT2D eigenvalue weighted by Crippen LogP contribution is -2.23. The number of nitrogens with one attached hydrogen (secondary N) is 1. The van der Waals surface area contributed by atoms with Crippen molar-refractivity contribution in [1.29, 1.82) is 0 Å². The number of rotatable bonds is 8. The number of ether oxygens (including phenoxy) is 2. The van der Waals surface area contributed by atoms with Crippen LogP contribution in [0.25, 0.3) is 6.08 Å². The Balaban J connectivity index is 2.63. The third-order valence-corrected chi connectivity index (χ3v) is 2.55. The molecule has 1 amide bonds. The molecule has 0 saturated carbocycles. The fourth-order valence-corrected chi connectivity index (χ4v) is 1.59. The molecule has 0 spiro atoms. The molecule has 0 aliphatic carbocycles. The second-order valence-electron chi connectivity index (χ2n) is 4.11. The second-order valence-corrected chi connectivity index (χ2v) is 4.11. The molecule has 0 bridgehead atoms. The first-order valence-electron chi connectivity index (χ1n) is 6.55. The average Bonchev–Trinajstić information content (AvgIpc) is 2.46. The van der Waals surface area contributed by atoms with Gasteiger partial charge in [-0.05, 0) is 30.7 Å². The van der Waals surface area contributed by atoms with Crippen molar-refractivity contribution >= 4 is 18.0 Å². The van der Waals surface area contributed by atoms with E-state index >= 15 is 0 Å². The predicted octanol–water partition coefficient (Wildman–Crippen LogP) is 1.70. The van der Waals surface area contributed by atoms with Crippen LogP contribution in [0.3, 0.4) is 0 Å². The summed E-state index contributed by atoms with van der Waals surface area (Å²) < 4.78 is 10.6. The number of amides is 1. The maximum atomic E-state index is 11.5. The molecule has 6 nitrogen and oxygen atoms in total. The number of hydrogen-bond donors (Lipinski definition) is 2. The molecule has 0 atom stereocenters. The molecule has 0 saturated heterocycles. The lowest BCUT2D eigenvalue weighted by atomic mass is 10.2. The van der Waals surface area contributed by atoms with Crippen molar-refractivity contribution in [3.63, 3.8) is 0 Å². The topological polar surface area (TPSA) is 84.9 Å². The fraction of sp³-hybridized carbons (Fsp3) is 0.333. The molecule has 0 heterocycles. The molecule has 21 heavy (non-hydrogen) atoms. The van der Waals surface area contributed by atoms with Crippen LogP contribution in [0.5, 0.6) is 11.5 Å². The van der Waals surface area contributed by atoms with Crippen LogP contribution in [0.15, 0.2) is 24.3 Å². The predicted molar refractivity (Wildman–Crippen MR) is 78.5 cm³/mol. The normalized spacial score (nSPS) is 10.4. The summed E-state index contributed by atoms with van der Waals surface area (Å²) in [5.41, 5.74) is 0.781. The number of methoxy groups -OCH3 is 1. The number of carbonyl (C=O) groups excluding carboxylic acids is 1. The molecule has 0 unspecified atom stereocenters. The number of hydrogen-bond acceptors (Lipinski definition) is 4. The molecule has 2 N–H and O–H groups in total. The number of carboxylic acid groups (broad SMARTS) is 1. The van der Waals surface area contributed by atoms with E-state index in [4.69, 9.17) is 14.6 Å². The van der Waals surface area contributed by atoms with Crippen molar-refractivity contribution in [2.75, 3.05) is 20.3 Å². The SMILES string of the molecule is CCOc1ccc(/C=C/C(=O)NCCC(=O)O)cc1OC. The van der Waals surface area contributed by atoms with Crippen molar-refractivity contribution in [2.45, 2.75) is 13.3 Å². The second kappa shape index (κ2) is 8.63. The van der Waals surface area contributed by atoms with Crippen molar-refractivity contribution in [2.24, 2.45) is 0 Å². The first-order chi connectivity index (χ1) is 10.1. The summed E-state index contributed by atoms with van der Waals surface area (Å²) in [6, 6.07) is 5.32. The van der Waals surface area contributed by atoms with E-state index in [-0.39, 0.29) is 18.9 Å². The van der Waals surface area contributed by atoms with E-state index in [1.54, 1.807) is 31.4 Å². The Kier molecular flexibility index (Phi) is 6.80. The molecular formula is C15H19NO5. The molecule has 1 rings (SSSR count). The molecule has 114 valence electrons. The van der Waals surface area contributed by atoms with E-state index in [1.165, 1.54) is 6.08 Å². The van der Waals surface area contributed by atoms with E-state index in [9.17, 15) is 9.59 Å². The molecule has 0 aromatic heterocycles. The summed E-state index contributed by atoms with van der Waals surface area (Å²) >= 11 is 0. The van der Waals surface area contributed by atoms with E-state index in [0.717, 1.165) is 5.56 Å². The van der Waals surface area contributed by atoms with Gasteiger partial charge in [-0.3, -0.25) is 9.59 Å². The van der Waals surface area contributed by atoms with E-state index in [2.05, 4.69) is 5.32 Å². The quantitative estimate of drug-likeness (QED) is 0.713. The van der Waals surface area contributed by atoms with Gasteiger partial charge in [0.25, 0.3) is 0 Å². The lowest BCUT2D eigenvalue weighted by Gasteiger charge is -2.09. The van der Waals surface area contributed by atoms with Gasteiger partial charge >= 0.3 is 5.97 Å². The highest BCUT2D eigenvalue weighted by Gasteiger charge is 2.04. The highest BCUT2D eigenvalue weighted by atomic mass is 16.5. The van der Waals surface area contributed by atoms with Crippen molar-refractivity contribution in [1.82, 2.24) is 5.32 Å². The van der Waals surface area contributed by atoms with Crippen LogP contribution in [-0.2, 0) is 9.59 Å². The van der Waals surface area contributed by atoms with Crippen molar-refractivity contribution in [3.8, 4) is 11.5 Å². The zero-order chi connectivity index (χ0) is 15.7. The fourth-order valence-electron chi connectivity index (χ4n) is 1.59. The number of benzene rings is 1. The summed E-state index contributed by atoms with van der Waals surface area (Å²) in [6.45, 7) is 2.53. The zero-order valence-corrected chi connectivity index (χ0v) is 12.1. The third-order valence-electron chi connectivity index (χ3n) is 2.55. The van der Waals surface area contributed by atoms with Gasteiger partial charge in [-0.25, -0.2) is 0 Å². The smallest absolute Gasteiger partial charge is 0.305 e. The number of aliphatic carboxylic acids is 1. The largest absolute Gasteiger partial charge is 0.493 e. The summed E-state index contributed by atoms with van der Waals surface area (Å²) in [4.78, 5) is 21.8. The molecule has 0 fully saturated rings. The molecule has 6 heteroatoms. The van der Waals surface area contributed by atoms with E-state index in [0.29, 0.717) is 18.1 Å². The molecule has 1 aromatic carbocycles. The Bertz CT molecular complexity index is 525. The average molecular weight is 293 g/mol. The van der Waals surface area contributed by atoms with Gasteiger partial charge in [0.2, 0.25) is 5.91 Å². The van der Waals surface area contributed by atoms with Crippen molar-refractivity contribution < 1.29 is 24.2 Å². The summed E-state index contributed by atoms with van der Waals surface area (Å²) in [5.74, 6) is -0.0621. The van der Waals surface area contributed by atoms with Gasteiger partial charge in [-0.15, -0.1) is 0 Å². The van der Waals surface area contributed by atoms with Gasteiger partial charge in [0, 0.05) is 12.6 Å². The van der Waals surface area contributed by atoms with Crippen LogP contribution in [0.2, 0.25) is 0 Å². The van der Waals surface area contributed by atoms with Gasteiger partial charge in [-0.1, -0.05) is 6.07 Å². The third kappa shape index (κ3) is 5.99.